The van der Waals surface area contributed by atoms with Crippen LogP contribution in [0.15, 0.2) is 18.2 Å². The summed E-state index contributed by atoms with van der Waals surface area (Å²) in [5, 5.41) is 5.21. The number of aryl methyl sites for hydroxylation is 4. The summed E-state index contributed by atoms with van der Waals surface area (Å²) in [5.74, 6) is -0.0433. The zero-order valence-electron chi connectivity index (χ0n) is 18.1. The van der Waals surface area contributed by atoms with Crippen LogP contribution in [0.25, 0.3) is 10.2 Å². The van der Waals surface area contributed by atoms with Gasteiger partial charge in [-0.1, -0.05) is 11.3 Å². The van der Waals surface area contributed by atoms with Crippen LogP contribution < -0.4 is 4.90 Å². The molecule has 0 aliphatic carbocycles. The van der Waals surface area contributed by atoms with E-state index in [9.17, 15) is 4.79 Å². The number of benzene rings is 1. The molecule has 0 saturated carbocycles. The quantitative estimate of drug-likeness (QED) is 0.603. The van der Waals surface area contributed by atoms with Gasteiger partial charge in [0.25, 0.3) is 5.91 Å². The number of aromatic nitrogens is 3. The molecule has 160 valence electrons. The maximum Gasteiger partial charge on any atom is 0.278 e. The summed E-state index contributed by atoms with van der Waals surface area (Å²) in [4.78, 5) is 22.6. The second-order valence-corrected chi connectivity index (χ2v) is 8.81. The van der Waals surface area contributed by atoms with Crippen LogP contribution in [0.5, 0.6) is 0 Å². The van der Waals surface area contributed by atoms with Crippen molar-refractivity contribution in [1.29, 1.82) is 0 Å². The number of hydrogen-bond donors (Lipinski definition) is 0. The van der Waals surface area contributed by atoms with E-state index in [1.165, 1.54) is 11.1 Å². The van der Waals surface area contributed by atoms with Gasteiger partial charge in [0.05, 0.1) is 29.1 Å². The number of carbonyl (C=O) groups excluding carboxylic acids is 1. The molecule has 0 bridgehead atoms. The largest absolute Gasteiger partial charge is 0.379 e. The SMILES string of the molecule is CCn1nc(C)cc1C(=O)N(CCN1CCOCC1)c1nc2cc(C)c(C)cc2s1. The van der Waals surface area contributed by atoms with Crippen LogP contribution >= 0.6 is 11.3 Å². The molecular weight excluding hydrogens is 398 g/mol. The molecule has 1 aromatic carbocycles. The lowest BCUT2D eigenvalue weighted by Gasteiger charge is -2.29. The highest BCUT2D eigenvalue weighted by atomic mass is 32.1. The molecule has 0 unspecified atom stereocenters. The van der Waals surface area contributed by atoms with Gasteiger partial charge in [0.1, 0.15) is 5.69 Å². The van der Waals surface area contributed by atoms with Crippen molar-refractivity contribution in [1.82, 2.24) is 19.7 Å². The molecule has 0 radical (unpaired) electrons. The number of fused-ring (bicyclic) bond motifs is 1. The van der Waals surface area contributed by atoms with Gasteiger partial charge < -0.3 is 4.74 Å². The Labute approximate surface area is 181 Å². The van der Waals surface area contributed by atoms with Gasteiger partial charge in [0, 0.05) is 32.7 Å². The Balaban J connectivity index is 1.68. The van der Waals surface area contributed by atoms with E-state index in [-0.39, 0.29) is 5.91 Å². The van der Waals surface area contributed by atoms with E-state index >= 15 is 0 Å². The molecule has 8 heteroatoms. The minimum absolute atomic E-state index is 0.0433. The van der Waals surface area contributed by atoms with Gasteiger partial charge in [-0.3, -0.25) is 19.3 Å². The predicted octanol–water partition coefficient (Wildman–Crippen LogP) is 3.42. The van der Waals surface area contributed by atoms with E-state index in [0.29, 0.717) is 18.8 Å². The topological polar surface area (TPSA) is 63.5 Å². The van der Waals surface area contributed by atoms with Gasteiger partial charge >= 0.3 is 0 Å². The van der Waals surface area contributed by atoms with Crippen LogP contribution in [-0.4, -0.2) is 65.0 Å². The number of nitrogens with zero attached hydrogens (tertiary/aromatic N) is 5. The van der Waals surface area contributed by atoms with Crippen LogP contribution in [0.4, 0.5) is 5.13 Å². The fourth-order valence-corrected chi connectivity index (χ4v) is 4.80. The minimum Gasteiger partial charge on any atom is -0.379 e. The van der Waals surface area contributed by atoms with E-state index in [4.69, 9.17) is 9.72 Å². The van der Waals surface area contributed by atoms with Crippen molar-refractivity contribution in [3.63, 3.8) is 0 Å². The van der Waals surface area contributed by atoms with Crippen LogP contribution in [0.2, 0.25) is 0 Å². The van der Waals surface area contributed by atoms with Gasteiger partial charge in [-0.25, -0.2) is 4.98 Å². The Bertz CT molecular complexity index is 1010. The highest BCUT2D eigenvalue weighted by Crippen LogP contribution is 2.31. The van der Waals surface area contributed by atoms with Crippen LogP contribution in [-0.2, 0) is 11.3 Å². The number of morpholine rings is 1. The molecular formula is C22H29N5O2S. The van der Waals surface area contributed by atoms with Crippen molar-refractivity contribution in [3.8, 4) is 0 Å². The third-order valence-corrected chi connectivity index (χ3v) is 6.67. The second kappa shape index (κ2) is 8.83. The fraction of sp³-hybridized carbons (Fsp3) is 0.500. The van der Waals surface area contributed by atoms with Crippen LogP contribution in [0.1, 0.15) is 34.2 Å². The van der Waals surface area contributed by atoms with Crippen LogP contribution in [0, 0.1) is 20.8 Å². The summed E-state index contributed by atoms with van der Waals surface area (Å²) in [7, 11) is 0. The Morgan fingerprint density at radius 1 is 1.17 bits per heavy atom. The Morgan fingerprint density at radius 3 is 2.63 bits per heavy atom. The average molecular weight is 428 g/mol. The molecule has 3 heterocycles. The van der Waals surface area contributed by atoms with Crippen molar-refractivity contribution in [2.24, 2.45) is 0 Å². The molecule has 4 rings (SSSR count). The normalized spacial score (nSPS) is 15.1. The van der Waals surface area contributed by atoms with Gasteiger partial charge in [0.2, 0.25) is 0 Å². The van der Waals surface area contributed by atoms with Crippen LogP contribution in [0.3, 0.4) is 0 Å². The summed E-state index contributed by atoms with van der Waals surface area (Å²) in [6.45, 7) is 13.4. The molecule has 7 nitrogen and oxygen atoms in total. The lowest BCUT2D eigenvalue weighted by atomic mass is 10.1. The van der Waals surface area contributed by atoms with Gasteiger partial charge in [-0.05, 0) is 57.0 Å². The molecule has 3 aromatic rings. The Hall–Kier alpha value is -2.29. The zero-order chi connectivity index (χ0) is 21.3. The first kappa shape index (κ1) is 21.0. The number of carbonyl (C=O) groups is 1. The van der Waals surface area contributed by atoms with E-state index in [2.05, 4.69) is 36.0 Å². The molecule has 0 atom stereocenters. The molecule has 1 amide bonds. The van der Waals surface area contributed by atoms with Crippen molar-refractivity contribution in [2.75, 3.05) is 44.3 Å². The van der Waals surface area contributed by atoms with Crippen molar-refractivity contribution in [3.05, 3.63) is 40.7 Å². The molecule has 1 aliphatic heterocycles. The lowest BCUT2D eigenvalue weighted by molar-refractivity contribution is 0.0391. The third kappa shape index (κ3) is 4.26. The summed E-state index contributed by atoms with van der Waals surface area (Å²) in [5.41, 5.74) is 4.86. The average Bonchev–Trinajstić information content (AvgIpc) is 3.32. The molecule has 2 aromatic heterocycles. The summed E-state index contributed by atoms with van der Waals surface area (Å²) < 4.78 is 8.35. The predicted molar refractivity (Wildman–Crippen MR) is 121 cm³/mol. The summed E-state index contributed by atoms with van der Waals surface area (Å²) >= 11 is 1.58. The maximum atomic E-state index is 13.6. The Kier molecular flexibility index (Phi) is 6.17. The fourth-order valence-electron chi connectivity index (χ4n) is 3.73. The van der Waals surface area contributed by atoms with E-state index in [1.54, 1.807) is 16.0 Å². The monoisotopic (exact) mass is 427 g/mol. The zero-order valence-corrected chi connectivity index (χ0v) is 19.0. The first-order valence-corrected chi connectivity index (χ1v) is 11.3. The summed E-state index contributed by atoms with van der Waals surface area (Å²) in [6, 6.07) is 6.14. The molecule has 1 saturated heterocycles. The number of ether oxygens (including phenoxy) is 1. The van der Waals surface area contributed by atoms with Gasteiger partial charge in [-0.2, -0.15) is 5.10 Å². The number of amides is 1. The minimum atomic E-state index is -0.0433. The van der Waals surface area contributed by atoms with E-state index in [1.807, 2.05) is 24.8 Å². The molecule has 1 fully saturated rings. The number of anilines is 1. The summed E-state index contributed by atoms with van der Waals surface area (Å²) in [6.07, 6.45) is 0. The number of thiazole rings is 1. The molecule has 0 spiro atoms. The van der Waals surface area contributed by atoms with Gasteiger partial charge in [-0.15, -0.1) is 0 Å². The Morgan fingerprint density at radius 2 is 1.90 bits per heavy atom. The van der Waals surface area contributed by atoms with Gasteiger partial charge in [0.15, 0.2) is 5.13 Å². The highest BCUT2D eigenvalue weighted by Gasteiger charge is 2.25. The number of rotatable bonds is 6. The standard InChI is InChI=1S/C22H29N5O2S/c1-5-27-19(14-17(4)24-27)21(28)26(7-6-25-8-10-29-11-9-25)22-23-18-12-15(2)16(3)13-20(18)30-22/h12-14H,5-11H2,1-4H3. The molecule has 30 heavy (non-hydrogen) atoms. The van der Waals surface area contributed by atoms with E-state index in [0.717, 1.165) is 53.9 Å². The number of hydrogen-bond acceptors (Lipinski definition) is 6. The lowest BCUT2D eigenvalue weighted by Crippen LogP contribution is -2.43. The van der Waals surface area contributed by atoms with Crippen molar-refractivity contribution >= 4 is 32.6 Å². The molecule has 1 aliphatic rings. The molecule has 0 N–H and O–H groups in total. The van der Waals surface area contributed by atoms with E-state index < -0.39 is 0 Å². The highest BCUT2D eigenvalue weighted by molar-refractivity contribution is 7.22. The maximum absolute atomic E-state index is 13.6. The smallest absolute Gasteiger partial charge is 0.278 e. The third-order valence-electron chi connectivity index (χ3n) is 5.63. The van der Waals surface area contributed by atoms with Crippen molar-refractivity contribution < 1.29 is 9.53 Å². The second-order valence-electron chi connectivity index (χ2n) is 7.80. The first-order chi connectivity index (χ1) is 14.5. The first-order valence-electron chi connectivity index (χ1n) is 10.5. The van der Waals surface area contributed by atoms with Crippen molar-refractivity contribution in [2.45, 2.75) is 34.2 Å².